The predicted molar refractivity (Wildman–Crippen MR) is 99.5 cm³/mol. The molecule has 142 valence electrons. The van der Waals surface area contributed by atoms with Crippen LogP contribution in [0.4, 0.5) is 0 Å². The molecule has 2 amide bonds. The molecule has 1 aliphatic rings. The van der Waals surface area contributed by atoms with Crippen molar-refractivity contribution in [3.8, 4) is 17.2 Å². The Kier molecular flexibility index (Phi) is 6.03. The summed E-state index contributed by atoms with van der Waals surface area (Å²) in [4.78, 5) is 25.8. The maximum absolute atomic E-state index is 12.2. The van der Waals surface area contributed by atoms with Crippen LogP contribution in [0.15, 0.2) is 42.5 Å². The van der Waals surface area contributed by atoms with Crippen molar-refractivity contribution in [1.82, 2.24) is 10.2 Å². The first-order valence-corrected chi connectivity index (χ1v) is 8.71. The first-order chi connectivity index (χ1) is 13.0. The molecule has 1 N–H and O–H groups in total. The summed E-state index contributed by atoms with van der Waals surface area (Å²) in [5.74, 6) is 1.18. The third-order valence-corrected chi connectivity index (χ3v) is 4.19. The molecule has 0 bridgehead atoms. The molecule has 7 nitrogen and oxygen atoms in total. The number of likely N-dealkylation sites (N-methyl/N-ethyl adjacent to an activating group) is 1. The van der Waals surface area contributed by atoms with Crippen LogP contribution in [0.1, 0.15) is 10.4 Å². The van der Waals surface area contributed by atoms with Crippen LogP contribution in [-0.2, 0) is 4.79 Å². The number of fused-ring (bicyclic) bond motifs is 1. The fourth-order valence-electron chi connectivity index (χ4n) is 2.41. The van der Waals surface area contributed by atoms with Gasteiger partial charge in [-0.25, -0.2) is 0 Å². The van der Waals surface area contributed by atoms with Crippen LogP contribution in [0.25, 0.3) is 0 Å². The van der Waals surface area contributed by atoms with Crippen molar-refractivity contribution >= 4 is 23.4 Å². The van der Waals surface area contributed by atoms with Crippen molar-refractivity contribution in [2.45, 2.75) is 0 Å². The minimum atomic E-state index is -0.356. The van der Waals surface area contributed by atoms with E-state index in [1.54, 1.807) is 49.5 Å². The Hall–Kier alpha value is -2.93. The average Bonchev–Trinajstić information content (AvgIpc) is 3.13. The summed E-state index contributed by atoms with van der Waals surface area (Å²) in [5.41, 5.74) is 0.402. The summed E-state index contributed by atoms with van der Waals surface area (Å²) >= 11 is 5.89. The lowest BCUT2D eigenvalue weighted by atomic mass is 10.2. The van der Waals surface area contributed by atoms with E-state index >= 15 is 0 Å². The number of nitrogens with one attached hydrogen (secondary N) is 1. The van der Waals surface area contributed by atoms with Gasteiger partial charge in [0.15, 0.2) is 11.5 Å². The van der Waals surface area contributed by atoms with Gasteiger partial charge in [0.05, 0.1) is 13.1 Å². The summed E-state index contributed by atoms with van der Waals surface area (Å²) in [6.07, 6.45) is 0. The van der Waals surface area contributed by atoms with E-state index < -0.39 is 0 Å². The number of ether oxygens (including phenoxy) is 3. The fraction of sp³-hybridized carbons (Fsp3) is 0.263. The Balaban J connectivity index is 1.42. The molecule has 1 aliphatic heterocycles. The van der Waals surface area contributed by atoms with E-state index in [2.05, 4.69) is 5.32 Å². The Morgan fingerprint density at radius 3 is 2.81 bits per heavy atom. The second-order valence-electron chi connectivity index (χ2n) is 5.87. The van der Waals surface area contributed by atoms with Gasteiger partial charge in [0.1, 0.15) is 12.4 Å². The molecule has 0 aromatic heterocycles. The van der Waals surface area contributed by atoms with Crippen LogP contribution in [0.5, 0.6) is 17.2 Å². The summed E-state index contributed by atoms with van der Waals surface area (Å²) in [6.45, 7) is 0.728. The smallest absolute Gasteiger partial charge is 0.251 e. The number of carbonyl (C=O) groups excluding carboxylic acids is 2. The lowest BCUT2D eigenvalue weighted by molar-refractivity contribution is -0.129. The fourth-order valence-corrected chi connectivity index (χ4v) is 2.59. The zero-order valence-corrected chi connectivity index (χ0v) is 15.5. The average molecular weight is 391 g/mol. The van der Waals surface area contributed by atoms with Gasteiger partial charge in [-0.2, -0.15) is 0 Å². The van der Waals surface area contributed by atoms with E-state index in [1.165, 1.54) is 4.90 Å². The minimum absolute atomic E-state index is 0.110. The molecule has 1 heterocycles. The molecule has 0 radical (unpaired) electrons. The molecular formula is C19H19ClN2O5. The van der Waals surface area contributed by atoms with E-state index in [-0.39, 0.29) is 25.2 Å². The number of benzene rings is 2. The first kappa shape index (κ1) is 18.8. The molecule has 2 aromatic rings. The van der Waals surface area contributed by atoms with Crippen molar-refractivity contribution in [3.63, 3.8) is 0 Å². The lowest BCUT2D eigenvalue weighted by Crippen LogP contribution is -2.39. The van der Waals surface area contributed by atoms with E-state index in [9.17, 15) is 9.59 Å². The third kappa shape index (κ3) is 5.04. The minimum Gasteiger partial charge on any atom is -0.492 e. The van der Waals surface area contributed by atoms with Crippen molar-refractivity contribution in [2.75, 3.05) is 33.5 Å². The van der Waals surface area contributed by atoms with Gasteiger partial charge in [0.2, 0.25) is 12.7 Å². The van der Waals surface area contributed by atoms with Crippen molar-refractivity contribution in [3.05, 3.63) is 53.1 Å². The summed E-state index contributed by atoms with van der Waals surface area (Å²) in [6, 6.07) is 11.9. The quantitative estimate of drug-likeness (QED) is 0.785. The molecule has 0 saturated carbocycles. The highest BCUT2D eigenvalue weighted by Crippen LogP contribution is 2.32. The highest BCUT2D eigenvalue weighted by atomic mass is 35.5. The molecule has 0 atom stereocenters. The number of hydrogen-bond donors (Lipinski definition) is 1. The van der Waals surface area contributed by atoms with Gasteiger partial charge in [-0.3, -0.25) is 9.59 Å². The molecule has 0 unspecified atom stereocenters. The van der Waals surface area contributed by atoms with E-state index in [1.807, 2.05) is 0 Å². The van der Waals surface area contributed by atoms with Gasteiger partial charge in [0, 0.05) is 17.6 Å². The maximum atomic E-state index is 12.2. The molecule has 3 rings (SSSR count). The van der Waals surface area contributed by atoms with E-state index in [0.717, 1.165) is 0 Å². The lowest BCUT2D eigenvalue weighted by Gasteiger charge is -2.18. The standard InChI is InChI=1S/C19H19ClN2O5/c1-22(7-8-25-15-4-2-3-14(20)10-15)18(23)11-21-19(24)13-5-6-16-17(9-13)27-12-26-16/h2-6,9-10H,7-8,11-12H2,1H3,(H,21,24). The molecule has 27 heavy (non-hydrogen) atoms. The Labute approximate surface area is 161 Å². The number of hydrogen-bond acceptors (Lipinski definition) is 5. The van der Waals surface area contributed by atoms with Gasteiger partial charge >= 0.3 is 0 Å². The number of rotatable bonds is 7. The number of amides is 2. The molecule has 0 saturated heterocycles. The van der Waals surface area contributed by atoms with Crippen LogP contribution in [0, 0.1) is 0 Å². The van der Waals surface area contributed by atoms with Crippen molar-refractivity contribution in [2.24, 2.45) is 0 Å². The van der Waals surface area contributed by atoms with Gasteiger partial charge in [-0.05, 0) is 36.4 Å². The second-order valence-corrected chi connectivity index (χ2v) is 6.31. The number of halogens is 1. The second kappa shape index (κ2) is 8.64. The maximum Gasteiger partial charge on any atom is 0.251 e. The number of carbonyl (C=O) groups is 2. The highest BCUT2D eigenvalue weighted by Gasteiger charge is 2.17. The van der Waals surface area contributed by atoms with Crippen LogP contribution < -0.4 is 19.5 Å². The molecule has 0 aliphatic carbocycles. The topological polar surface area (TPSA) is 77.1 Å². The highest BCUT2D eigenvalue weighted by molar-refractivity contribution is 6.30. The largest absolute Gasteiger partial charge is 0.492 e. The van der Waals surface area contributed by atoms with Crippen LogP contribution >= 0.6 is 11.6 Å². The van der Waals surface area contributed by atoms with Crippen LogP contribution in [-0.4, -0.2) is 50.3 Å². The Bertz CT molecular complexity index is 843. The molecule has 0 fully saturated rings. The zero-order valence-electron chi connectivity index (χ0n) is 14.7. The monoisotopic (exact) mass is 390 g/mol. The molecular weight excluding hydrogens is 372 g/mol. The molecule has 2 aromatic carbocycles. The normalized spacial score (nSPS) is 11.8. The summed E-state index contributed by atoms with van der Waals surface area (Å²) < 4.78 is 16.0. The van der Waals surface area contributed by atoms with Crippen molar-refractivity contribution in [1.29, 1.82) is 0 Å². The van der Waals surface area contributed by atoms with Gasteiger partial charge in [-0.1, -0.05) is 17.7 Å². The van der Waals surface area contributed by atoms with E-state index in [0.29, 0.717) is 41.0 Å². The Morgan fingerprint density at radius 2 is 2.00 bits per heavy atom. The van der Waals surface area contributed by atoms with Crippen LogP contribution in [0.2, 0.25) is 5.02 Å². The summed E-state index contributed by atoms with van der Waals surface area (Å²) in [5, 5.41) is 3.19. The zero-order chi connectivity index (χ0) is 19.2. The molecule has 8 heteroatoms. The predicted octanol–water partition coefficient (Wildman–Crippen LogP) is 2.34. The summed E-state index contributed by atoms with van der Waals surface area (Å²) in [7, 11) is 1.65. The van der Waals surface area contributed by atoms with E-state index in [4.69, 9.17) is 25.8 Å². The SMILES string of the molecule is CN(CCOc1cccc(Cl)c1)C(=O)CNC(=O)c1ccc2c(c1)OCO2. The number of nitrogens with zero attached hydrogens (tertiary/aromatic N) is 1. The van der Waals surface area contributed by atoms with Gasteiger partial charge in [-0.15, -0.1) is 0 Å². The van der Waals surface area contributed by atoms with Crippen LogP contribution in [0.3, 0.4) is 0 Å². The Morgan fingerprint density at radius 1 is 1.19 bits per heavy atom. The molecule has 0 spiro atoms. The third-order valence-electron chi connectivity index (χ3n) is 3.95. The van der Waals surface area contributed by atoms with Gasteiger partial charge in [0.25, 0.3) is 5.91 Å². The van der Waals surface area contributed by atoms with Crippen molar-refractivity contribution < 1.29 is 23.8 Å². The van der Waals surface area contributed by atoms with Gasteiger partial charge < -0.3 is 24.4 Å². The first-order valence-electron chi connectivity index (χ1n) is 8.33.